The number of carbonyl (C=O) groups excluding carboxylic acids is 2. The Kier molecular flexibility index (Phi) is 5.02. The lowest BCUT2D eigenvalue weighted by molar-refractivity contribution is -0.143. The van der Waals surface area contributed by atoms with Gasteiger partial charge >= 0.3 is 0 Å². The zero-order chi connectivity index (χ0) is 14.6. The summed E-state index contributed by atoms with van der Waals surface area (Å²) in [4.78, 5) is 26.1. The standard InChI is InChI=1S/C15H27N3O2/c1-2-3-9-17-13(19)12-5-10-18(11-6-12)14(20)15(16)7-4-8-15/h12H,2-11,16H2,1H3,(H,17,19). The van der Waals surface area contributed by atoms with Crippen LogP contribution in [0.25, 0.3) is 0 Å². The van der Waals surface area contributed by atoms with Gasteiger partial charge in [0.05, 0.1) is 5.54 Å². The topological polar surface area (TPSA) is 75.4 Å². The second kappa shape index (κ2) is 6.57. The average Bonchev–Trinajstić information content (AvgIpc) is 2.44. The van der Waals surface area contributed by atoms with Gasteiger partial charge in [-0.15, -0.1) is 0 Å². The third-order valence-corrected chi connectivity index (χ3v) is 4.65. The van der Waals surface area contributed by atoms with Crippen LogP contribution in [0.4, 0.5) is 0 Å². The molecule has 2 rings (SSSR count). The second-order valence-electron chi connectivity index (χ2n) is 6.22. The van der Waals surface area contributed by atoms with E-state index in [1.807, 2.05) is 4.90 Å². The van der Waals surface area contributed by atoms with Crippen LogP contribution in [0.2, 0.25) is 0 Å². The number of nitrogens with one attached hydrogen (secondary N) is 1. The number of nitrogens with zero attached hydrogens (tertiary/aromatic N) is 1. The van der Waals surface area contributed by atoms with Gasteiger partial charge in [-0.05, 0) is 38.5 Å². The maximum atomic E-state index is 12.3. The predicted octanol–water partition coefficient (Wildman–Crippen LogP) is 1.02. The first-order valence-electron chi connectivity index (χ1n) is 7.93. The van der Waals surface area contributed by atoms with Gasteiger partial charge < -0.3 is 16.0 Å². The first-order valence-corrected chi connectivity index (χ1v) is 7.93. The molecule has 20 heavy (non-hydrogen) atoms. The fourth-order valence-electron chi connectivity index (χ4n) is 2.96. The molecule has 0 radical (unpaired) electrons. The molecule has 1 heterocycles. The molecule has 1 aliphatic heterocycles. The number of piperidine rings is 1. The molecule has 0 spiro atoms. The Balaban J connectivity index is 1.74. The number of carbonyl (C=O) groups is 2. The summed E-state index contributed by atoms with van der Waals surface area (Å²) in [6, 6.07) is 0. The van der Waals surface area contributed by atoms with E-state index in [-0.39, 0.29) is 17.7 Å². The molecule has 0 atom stereocenters. The molecule has 2 fully saturated rings. The summed E-state index contributed by atoms with van der Waals surface area (Å²) in [6.07, 6.45) is 6.31. The molecule has 1 aliphatic carbocycles. The molecule has 1 saturated heterocycles. The van der Waals surface area contributed by atoms with Crippen molar-refractivity contribution < 1.29 is 9.59 Å². The first-order chi connectivity index (χ1) is 9.57. The van der Waals surface area contributed by atoms with E-state index in [1.165, 1.54) is 0 Å². The van der Waals surface area contributed by atoms with Crippen molar-refractivity contribution in [2.75, 3.05) is 19.6 Å². The minimum absolute atomic E-state index is 0.0611. The highest BCUT2D eigenvalue weighted by atomic mass is 16.2. The molecule has 5 heteroatoms. The highest BCUT2D eigenvalue weighted by molar-refractivity contribution is 5.87. The summed E-state index contributed by atoms with van der Waals surface area (Å²) in [5.41, 5.74) is 5.48. The van der Waals surface area contributed by atoms with Gasteiger partial charge in [-0.25, -0.2) is 0 Å². The van der Waals surface area contributed by atoms with Crippen molar-refractivity contribution in [2.45, 2.75) is 57.4 Å². The summed E-state index contributed by atoms with van der Waals surface area (Å²) in [6.45, 7) is 4.22. The van der Waals surface area contributed by atoms with E-state index in [1.54, 1.807) is 0 Å². The van der Waals surface area contributed by atoms with Crippen LogP contribution in [-0.2, 0) is 9.59 Å². The van der Waals surface area contributed by atoms with Gasteiger partial charge in [-0.1, -0.05) is 13.3 Å². The molecular formula is C15H27N3O2. The van der Waals surface area contributed by atoms with Crippen LogP contribution in [0.1, 0.15) is 51.9 Å². The lowest BCUT2D eigenvalue weighted by Gasteiger charge is -2.42. The third-order valence-electron chi connectivity index (χ3n) is 4.65. The molecule has 5 nitrogen and oxygen atoms in total. The van der Waals surface area contributed by atoms with E-state index < -0.39 is 5.54 Å². The highest BCUT2D eigenvalue weighted by Crippen LogP contribution is 2.32. The maximum absolute atomic E-state index is 12.3. The van der Waals surface area contributed by atoms with Crippen LogP contribution in [0, 0.1) is 5.92 Å². The van der Waals surface area contributed by atoms with Gasteiger partial charge in [0, 0.05) is 25.6 Å². The molecule has 0 bridgehead atoms. The molecular weight excluding hydrogens is 254 g/mol. The molecule has 0 unspecified atom stereocenters. The van der Waals surface area contributed by atoms with Crippen molar-refractivity contribution in [3.05, 3.63) is 0 Å². The van der Waals surface area contributed by atoms with Crippen molar-refractivity contribution in [1.29, 1.82) is 0 Å². The van der Waals surface area contributed by atoms with Crippen molar-refractivity contribution in [3.8, 4) is 0 Å². The molecule has 3 N–H and O–H groups in total. The summed E-state index contributed by atoms with van der Waals surface area (Å²) < 4.78 is 0. The van der Waals surface area contributed by atoms with Crippen LogP contribution in [0.3, 0.4) is 0 Å². The number of amides is 2. The second-order valence-corrected chi connectivity index (χ2v) is 6.22. The number of hydrogen-bond acceptors (Lipinski definition) is 3. The van der Waals surface area contributed by atoms with Crippen molar-refractivity contribution in [2.24, 2.45) is 11.7 Å². The van der Waals surface area contributed by atoms with Crippen LogP contribution in [-0.4, -0.2) is 41.9 Å². The van der Waals surface area contributed by atoms with Crippen LogP contribution < -0.4 is 11.1 Å². The van der Waals surface area contributed by atoms with Gasteiger partial charge in [-0.3, -0.25) is 9.59 Å². The SMILES string of the molecule is CCCCNC(=O)C1CCN(C(=O)C2(N)CCC2)CC1. The van der Waals surface area contributed by atoms with Gasteiger partial charge in [0.1, 0.15) is 0 Å². The van der Waals surface area contributed by atoms with E-state index in [0.717, 1.165) is 51.5 Å². The first kappa shape index (κ1) is 15.3. The minimum Gasteiger partial charge on any atom is -0.356 e. The van der Waals surface area contributed by atoms with Crippen LogP contribution in [0.15, 0.2) is 0 Å². The maximum Gasteiger partial charge on any atom is 0.242 e. The van der Waals surface area contributed by atoms with Crippen molar-refractivity contribution >= 4 is 11.8 Å². The van der Waals surface area contributed by atoms with Gasteiger partial charge in [-0.2, -0.15) is 0 Å². The Morgan fingerprint density at radius 3 is 2.45 bits per heavy atom. The molecule has 0 aromatic heterocycles. The molecule has 2 aliphatic rings. The minimum atomic E-state index is -0.601. The summed E-state index contributed by atoms with van der Waals surface area (Å²) >= 11 is 0. The Labute approximate surface area is 121 Å². The quantitative estimate of drug-likeness (QED) is 0.739. The highest BCUT2D eigenvalue weighted by Gasteiger charge is 2.43. The van der Waals surface area contributed by atoms with Crippen molar-refractivity contribution in [1.82, 2.24) is 10.2 Å². The monoisotopic (exact) mass is 281 g/mol. The number of nitrogens with two attached hydrogens (primary N) is 1. The van der Waals surface area contributed by atoms with E-state index in [4.69, 9.17) is 5.73 Å². The molecule has 1 saturated carbocycles. The van der Waals surface area contributed by atoms with E-state index in [2.05, 4.69) is 12.2 Å². The van der Waals surface area contributed by atoms with Gasteiger partial charge in [0.2, 0.25) is 11.8 Å². The molecule has 114 valence electrons. The fourth-order valence-corrected chi connectivity index (χ4v) is 2.96. The van der Waals surface area contributed by atoms with E-state index in [9.17, 15) is 9.59 Å². The zero-order valence-corrected chi connectivity index (χ0v) is 12.5. The molecule has 0 aromatic carbocycles. The van der Waals surface area contributed by atoms with Crippen LogP contribution >= 0.6 is 0 Å². The van der Waals surface area contributed by atoms with Gasteiger partial charge in [0.25, 0.3) is 0 Å². The summed E-state index contributed by atoms with van der Waals surface area (Å²) in [7, 11) is 0. The van der Waals surface area contributed by atoms with E-state index in [0.29, 0.717) is 13.1 Å². The van der Waals surface area contributed by atoms with Crippen LogP contribution in [0.5, 0.6) is 0 Å². The zero-order valence-electron chi connectivity index (χ0n) is 12.5. The predicted molar refractivity (Wildman–Crippen MR) is 78.0 cm³/mol. The Hall–Kier alpha value is -1.10. The lowest BCUT2D eigenvalue weighted by Crippen LogP contribution is -2.60. The van der Waals surface area contributed by atoms with Crippen molar-refractivity contribution in [3.63, 3.8) is 0 Å². The lowest BCUT2D eigenvalue weighted by atomic mass is 9.76. The number of hydrogen-bond donors (Lipinski definition) is 2. The molecule has 2 amide bonds. The number of rotatable bonds is 5. The molecule has 0 aromatic rings. The van der Waals surface area contributed by atoms with E-state index >= 15 is 0 Å². The fraction of sp³-hybridized carbons (Fsp3) is 0.867. The smallest absolute Gasteiger partial charge is 0.242 e. The number of likely N-dealkylation sites (tertiary alicyclic amines) is 1. The van der Waals surface area contributed by atoms with Gasteiger partial charge in [0.15, 0.2) is 0 Å². The normalized spacial score (nSPS) is 22.2. The number of unbranched alkanes of at least 4 members (excludes halogenated alkanes) is 1. The summed E-state index contributed by atoms with van der Waals surface area (Å²) in [5.74, 6) is 0.302. The average molecular weight is 281 g/mol. The Morgan fingerprint density at radius 2 is 1.95 bits per heavy atom. The largest absolute Gasteiger partial charge is 0.356 e. The third kappa shape index (κ3) is 3.32. The Bertz CT molecular complexity index is 358. The Morgan fingerprint density at radius 1 is 1.30 bits per heavy atom. The summed E-state index contributed by atoms with van der Waals surface area (Å²) in [5, 5.41) is 2.98.